The van der Waals surface area contributed by atoms with Crippen LogP contribution in [0.15, 0.2) is 48.5 Å². The summed E-state index contributed by atoms with van der Waals surface area (Å²) in [5.41, 5.74) is 3.31. The van der Waals surface area contributed by atoms with E-state index in [2.05, 4.69) is 55.3 Å². The van der Waals surface area contributed by atoms with Gasteiger partial charge in [0.25, 0.3) is 0 Å². The molecule has 1 fully saturated rings. The number of rotatable bonds is 5. The summed E-state index contributed by atoms with van der Waals surface area (Å²) in [7, 11) is 0. The lowest BCUT2D eigenvalue weighted by atomic mass is 10.1. The van der Waals surface area contributed by atoms with Crippen LogP contribution in [-0.2, 0) is 11.3 Å². The summed E-state index contributed by atoms with van der Waals surface area (Å²) in [6.07, 6.45) is 0. The Hall–Kier alpha value is -2.04. The fourth-order valence-electron chi connectivity index (χ4n) is 2.84. The largest absolute Gasteiger partial charge is 0.488 e. The van der Waals surface area contributed by atoms with Crippen LogP contribution in [0.25, 0.3) is 0 Å². The topological polar surface area (TPSA) is 33.7 Å². The normalized spacial score (nSPS) is 15.8. The molecule has 0 aliphatic carbocycles. The van der Waals surface area contributed by atoms with Crippen molar-refractivity contribution >= 4 is 11.4 Å². The molecule has 4 nitrogen and oxygen atoms in total. The molecule has 134 valence electrons. The van der Waals surface area contributed by atoms with Crippen molar-refractivity contribution in [3.05, 3.63) is 54.1 Å². The predicted molar refractivity (Wildman–Crippen MR) is 103 cm³/mol. The zero-order valence-corrected chi connectivity index (χ0v) is 15.4. The molecule has 1 heterocycles. The quantitative estimate of drug-likeness (QED) is 0.872. The molecule has 2 aromatic rings. The van der Waals surface area contributed by atoms with Gasteiger partial charge in [-0.1, -0.05) is 12.1 Å². The van der Waals surface area contributed by atoms with Crippen molar-refractivity contribution < 1.29 is 9.47 Å². The Kier molecular flexibility index (Phi) is 5.61. The smallest absolute Gasteiger partial charge is 0.120 e. The third-order valence-corrected chi connectivity index (χ3v) is 4.03. The lowest BCUT2D eigenvalue weighted by Gasteiger charge is -2.26. The first-order valence-electron chi connectivity index (χ1n) is 8.93. The van der Waals surface area contributed by atoms with Crippen molar-refractivity contribution in [2.75, 3.05) is 31.6 Å². The van der Waals surface area contributed by atoms with Gasteiger partial charge in [-0.15, -0.1) is 0 Å². The third-order valence-electron chi connectivity index (χ3n) is 4.03. The Morgan fingerprint density at radius 3 is 2.04 bits per heavy atom. The van der Waals surface area contributed by atoms with Crippen LogP contribution in [0.5, 0.6) is 5.75 Å². The molecule has 0 amide bonds. The maximum absolute atomic E-state index is 5.85. The molecule has 0 unspecified atom stereocenters. The molecular weight excluding hydrogens is 312 g/mol. The lowest BCUT2D eigenvalue weighted by molar-refractivity contribution is 0.0342. The van der Waals surface area contributed by atoms with E-state index in [-0.39, 0.29) is 5.60 Å². The molecule has 3 rings (SSSR count). The number of hydrogen-bond donors (Lipinski definition) is 1. The minimum atomic E-state index is -0.175. The Bertz CT molecular complexity index is 654. The van der Waals surface area contributed by atoms with E-state index < -0.39 is 0 Å². The summed E-state index contributed by atoms with van der Waals surface area (Å²) in [5, 5.41) is 3.44. The Morgan fingerprint density at radius 2 is 1.48 bits per heavy atom. The van der Waals surface area contributed by atoms with Crippen LogP contribution in [0.3, 0.4) is 0 Å². The lowest BCUT2D eigenvalue weighted by Crippen LogP contribution is -2.35. The van der Waals surface area contributed by atoms with Crippen molar-refractivity contribution in [2.45, 2.75) is 32.9 Å². The zero-order valence-electron chi connectivity index (χ0n) is 15.4. The van der Waals surface area contributed by atoms with Crippen LogP contribution >= 0.6 is 0 Å². The van der Waals surface area contributed by atoms with Gasteiger partial charge in [-0.2, -0.15) is 0 Å². The van der Waals surface area contributed by atoms with Gasteiger partial charge in [0, 0.05) is 31.0 Å². The summed E-state index contributed by atoms with van der Waals surface area (Å²) in [4.78, 5) is 2.43. The molecule has 0 saturated carbocycles. The Morgan fingerprint density at radius 1 is 0.920 bits per heavy atom. The maximum atomic E-state index is 5.85. The highest BCUT2D eigenvalue weighted by Gasteiger charge is 2.12. The minimum Gasteiger partial charge on any atom is -0.488 e. The van der Waals surface area contributed by atoms with Gasteiger partial charge in [0.15, 0.2) is 0 Å². The van der Waals surface area contributed by atoms with E-state index in [0.29, 0.717) is 0 Å². The van der Waals surface area contributed by atoms with Gasteiger partial charge in [-0.3, -0.25) is 4.90 Å². The van der Waals surface area contributed by atoms with Crippen LogP contribution in [0, 0.1) is 0 Å². The van der Waals surface area contributed by atoms with Crippen LogP contribution in [0.1, 0.15) is 26.3 Å². The summed E-state index contributed by atoms with van der Waals surface area (Å²) < 4.78 is 11.3. The first kappa shape index (κ1) is 17.8. The summed E-state index contributed by atoms with van der Waals surface area (Å²) in [6.45, 7) is 10.9. The highest BCUT2D eigenvalue weighted by molar-refractivity contribution is 5.60. The standard InChI is InChI=1S/C21H28N2O2/c1-21(2,3)25-20-10-8-19(9-11-20)22-18-6-4-17(5-7-18)16-23-12-14-24-15-13-23/h4-11,22H,12-16H2,1-3H3. The monoisotopic (exact) mass is 340 g/mol. The third kappa shape index (κ3) is 5.76. The molecule has 4 heteroatoms. The summed E-state index contributed by atoms with van der Waals surface area (Å²) in [5.74, 6) is 0.888. The van der Waals surface area contributed by atoms with E-state index in [1.165, 1.54) is 5.56 Å². The number of nitrogens with zero attached hydrogens (tertiary/aromatic N) is 1. The average Bonchev–Trinajstić information content (AvgIpc) is 2.58. The number of ether oxygens (including phenoxy) is 2. The number of nitrogens with one attached hydrogen (secondary N) is 1. The van der Waals surface area contributed by atoms with Gasteiger partial charge in [0.05, 0.1) is 13.2 Å². The Balaban J connectivity index is 1.55. The van der Waals surface area contributed by atoms with Gasteiger partial charge >= 0.3 is 0 Å². The summed E-state index contributed by atoms with van der Waals surface area (Å²) in [6, 6.07) is 16.7. The fraction of sp³-hybridized carbons (Fsp3) is 0.429. The van der Waals surface area contributed by atoms with Gasteiger partial charge in [-0.25, -0.2) is 0 Å². The molecule has 1 saturated heterocycles. The fourth-order valence-corrected chi connectivity index (χ4v) is 2.84. The number of anilines is 2. The van der Waals surface area contributed by atoms with E-state index in [1.54, 1.807) is 0 Å². The minimum absolute atomic E-state index is 0.175. The van der Waals surface area contributed by atoms with Crippen LogP contribution in [-0.4, -0.2) is 36.8 Å². The van der Waals surface area contributed by atoms with Crippen LogP contribution in [0.4, 0.5) is 11.4 Å². The second-order valence-corrected chi connectivity index (χ2v) is 7.45. The first-order valence-corrected chi connectivity index (χ1v) is 8.93. The van der Waals surface area contributed by atoms with Gasteiger partial charge in [0.2, 0.25) is 0 Å². The molecule has 25 heavy (non-hydrogen) atoms. The van der Waals surface area contributed by atoms with Crippen molar-refractivity contribution in [1.29, 1.82) is 0 Å². The highest BCUT2D eigenvalue weighted by Crippen LogP contribution is 2.23. The molecule has 1 N–H and O–H groups in total. The SMILES string of the molecule is CC(C)(C)Oc1ccc(Nc2ccc(CN3CCOCC3)cc2)cc1. The van der Waals surface area contributed by atoms with Gasteiger partial charge in [0.1, 0.15) is 11.4 Å². The van der Waals surface area contributed by atoms with E-state index in [1.807, 2.05) is 24.3 Å². The van der Waals surface area contributed by atoms with Crippen LogP contribution < -0.4 is 10.1 Å². The van der Waals surface area contributed by atoms with Crippen molar-refractivity contribution in [3.8, 4) is 5.75 Å². The van der Waals surface area contributed by atoms with E-state index in [9.17, 15) is 0 Å². The highest BCUT2D eigenvalue weighted by atomic mass is 16.5. The molecule has 0 spiro atoms. The maximum Gasteiger partial charge on any atom is 0.120 e. The molecule has 0 atom stereocenters. The van der Waals surface area contributed by atoms with Gasteiger partial charge < -0.3 is 14.8 Å². The molecule has 1 aliphatic rings. The second kappa shape index (κ2) is 7.89. The Labute approximate surface area is 150 Å². The molecule has 0 aromatic heterocycles. The van der Waals surface area contributed by atoms with E-state index in [0.717, 1.165) is 50.0 Å². The van der Waals surface area contributed by atoms with Gasteiger partial charge in [-0.05, 0) is 62.7 Å². The average molecular weight is 340 g/mol. The number of benzene rings is 2. The van der Waals surface area contributed by atoms with E-state index >= 15 is 0 Å². The molecule has 0 radical (unpaired) electrons. The van der Waals surface area contributed by atoms with E-state index in [4.69, 9.17) is 9.47 Å². The molecule has 0 bridgehead atoms. The van der Waals surface area contributed by atoms with Crippen molar-refractivity contribution in [3.63, 3.8) is 0 Å². The molecular formula is C21H28N2O2. The number of morpholine rings is 1. The summed E-state index contributed by atoms with van der Waals surface area (Å²) >= 11 is 0. The molecule has 1 aliphatic heterocycles. The van der Waals surface area contributed by atoms with Crippen molar-refractivity contribution in [2.24, 2.45) is 0 Å². The zero-order chi connectivity index (χ0) is 17.7. The molecule has 2 aromatic carbocycles. The number of hydrogen-bond acceptors (Lipinski definition) is 4. The predicted octanol–water partition coefficient (Wildman–Crippen LogP) is 4.44. The van der Waals surface area contributed by atoms with Crippen molar-refractivity contribution in [1.82, 2.24) is 4.90 Å². The van der Waals surface area contributed by atoms with Crippen LogP contribution in [0.2, 0.25) is 0 Å². The second-order valence-electron chi connectivity index (χ2n) is 7.45. The first-order chi connectivity index (χ1) is 12.0.